The first-order valence-corrected chi connectivity index (χ1v) is 6.96. The highest BCUT2D eigenvalue weighted by Crippen LogP contribution is 2.25. The van der Waals surface area contributed by atoms with Crippen LogP contribution in [0.25, 0.3) is 0 Å². The summed E-state index contributed by atoms with van der Waals surface area (Å²) >= 11 is 0. The number of hydrogen-bond acceptors (Lipinski definition) is 5. The third kappa shape index (κ3) is 4.55. The second-order valence-electron chi connectivity index (χ2n) is 4.86. The molecule has 0 saturated carbocycles. The minimum absolute atomic E-state index is 0.284. The first-order valence-electron chi connectivity index (χ1n) is 6.96. The number of aliphatic carboxylic acids is 1. The fourth-order valence-corrected chi connectivity index (χ4v) is 2.22. The van der Waals surface area contributed by atoms with Crippen molar-refractivity contribution >= 4 is 29.2 Å². The van der Waals surface area contributed by atoms with Gasteiger partial charge in [-0.3, -0.25) is 9.59 Å². The number of primary amides is 1. The van der Waals surface area contributed by atoms with Gasteiger partial charge in [0.25, 0.3) is 5.91 Å². The van der Waals surface area contributed by atoms with Crippen LogP contribution in [0.3, 0.4) is 0 Å². The summed E-state index contributed by atoms with van der Waals surface area (Å²) in [5, 5.41) is 11.0. The molecular weight excluding hydrogens is 302 g/mol. The van der Waals surface area contributed by atoms with Crippen molar-refractivity contribution in [3.8, 4) is 0 Å². The van der Waals surface area contributed by atoms with E-state index in [0.717, 1.165) is 12.2 Å². The fourth-order valence-electron chi connectivity index (χ4n) is 2.22. The summed E-state index contributed by atoms with van der Waals surface area (Å²) in [6, 6.07) is 4.80. The number of anilines is 2. The summed E-state index contributed by atoms with van der Waals surface area (Å²) in [5.41, 5.74) is 6.74. The molecule has 0 atom stereocenters. The van der Waals surface area contributed by atoms with Gasteiger partial charge >= 0.3 is 5.97 Å². The molecule has 122 valence electrons. The van der Waals surface area contributed by atoms with Gasteiger partial charge in [0, 0.05) is 36.6 Å². The predicted molar refractivity (Wildman–Crippen MR) is 83.4 cm³/mol. The quantitative estimate of drug-likeness (QED) is 0.667. The molecule has 0 aliphatic carbocycles. The third-order valence-electron chi connectivity index (χ3n) is 3.26. The maximum Gasteiger partial charge on any atom is 0.328 e. The lowest BCUT2D eigenvalue weighted by Gasteiger charge is -2.30. The molecule has 2 rings (SSSR count). The first-order chi connectivity index (χ1) is 11.0. The third-order valence-corrected chi connectivity index (χ3v) is 3.26. The van der Waals surface area contributed by atoms with Crippen molar-refractivity contribution in [1.29, 1.82) is 0 Å². The van der Waals surface area contributed by atoms with Gasteiger partial charge in [0.2, 0.25) is 5.91 Å². The number of benzene rings is 1. The zero-order valence-corrected chi connectivity index (χ0v) is 12.3. The molecule has 1 fully saturated rings. The van der Waals surface area contributed by atoms with Crippen molar-refractivity contribution in [2.75, 3.05) is 36.5 Å². The Balaban J connectivity index is 2.20. The average Bonchev–Trinajstić information content (AvgIpc) is 2.53. The highest BCUT2D eigenvalue weighted by molar-refractivity contribution is 6.04. The molecule has 1 aliphatic heterocycles. The largest absolute Gasteiger partial charge is 0.478 e. The van der Waals surface area contributed by atoms with Crippen molar-refractivity contribution in [1.82, 2.24) is 0 Å². The zero-order chi connectivity index (χ0) is 16.8. The number of nitrogens with zero attached hydrogens (tertiary/aromatic N) is 1. The smallest absolute Gasteiger partial charge is 0.328 e. The average molecular weight is 319 g/mol. The lowest BCUT2D eigenvalue weighted by atomic mass is 10.1. The second-order valence-corrected chi connectivity index (χ2v) is 4.86. The Kier molecular flexibility index (Phi) is 5.32. The Morgan fingerprint density at radius 3 is 2.52 bits per heavy atom. The van der Waals surface area contributed by atoms with Crippen LogP contribution >= 0.6 is 0 Å². The maximum absolute atomic E-state index is 11.7. The number of carbonyl (C=O) groups excluding carboxylic acids is 2. The molecule has 1 aliphatic rings. The van der Waals surface area contributed by atoms with E-state index >= 15 is 0 Å². The Labute approximate surface area is 132 Å². The SMILES string of the molecule is NC(=O)c1cc(NC(=O)/C=C\C(=O)O)ccc1N1CCOCC1. The van der Waals surface area contributed by atoms with Crippen molar-refractivity contribution in [2.24, 2.45) is 5.73 Å². The van der Waals surface area contributed by atoms with Crippen LogP contribution in [-0.2, 0) is 14.3 Å². The summed E-state index contributed by atoms with van der Waals surface area (Å²) in [5.74, 6) is -2.44. The van der Waals surface area contributed by atoms with Gasteiger partial charge in [-0.05, 0) is 18.2 Å². The number of morpholine rings is 1. The molecule has 0 spiro atoms. The van der Waals surface area contributed by atoms with Crippen LogP contribution in [-0.4, -0.2) is 49.2 Å². The Hall–Kier alpha value is -2.87. The molecule has 8 heteroatoms. The first kappa shape index (κ1) is 16.5. The van der Waals surface area contributed by atoms with E-state index in [1.165, 1.54) is 6.07 Å². The van der Waals surface area contributed by atoms with E-state index in [4.69, 9.17) is 15.6 Å². The molecule has 1 aromatic carbocycles. The highest BCUT2D eigenvalue weighted by Gasteiger charge is 2.18. The van der Waals surface area contributed by atoms with E-state index in [0.29, 0.717) is 37.7 Å². The minimum Gasteiger partial charge on any atom is -0.478 e. The number of carboxylic acids is 1. The lowest BCUT2D eigenvalue weighted by Crippen LogP contribution is -2.37. The van der Waals surface area contributed by atoms with Gasteiger partial charge in [-0.1, -0.05) is 0 Å². The molecule has 0 radical (unpaired) electrons. The molecule has 1 heterocycles. The van der Waals surface area contributed by atoms with E-state index < -0.39 is 17.8 Å². The Bertz CT molecular complexity index is 651. The van der Waals surface area contributed by atoms with E-state index in [9.17, 15) is 14.4 Å². The summed E-state index contributed by atoms with van der Waals surface area (Å²) in [6.45, 7) is 2.42. The van der Waals surface area contributed by atoms with Gasteiger partial charge in [0.1, 0.15) is 0 Å². The summed E-state index contributed by atoms with van der Waals surface area (Å²) in [6.07, 6.45) is 1.62. The van der Waals surface area contributed by atoms with Crippen molar-refractivity contribution in [3.63, 3.8) is 0 Å². The number of ether oxygens (including phenoxy) is 1. The molecule has 23 heavy (non-hydrogen) atoms. The van der Waals surface area contributed by atoms with Crippen LogP contribution in [0.5, 0.6) is 0 Å². The predicted octanol–water partition coefficient (Wildman–Crippen LogP) is 0.201. The number of rotatable bonds is 5. The van der Waals surface area contributed by atoms with E-state index in [1.54, 1.807) is 12.1 Å². The van der Waals surface area contributed by atoms with Gasteiger partial charge in [0.15, 0.2) is 0 Å². The summed E-state index contributed by atoms with van der Waals surface area (Å²) in [7, 11) is 0. The van der Waals surface area contributed by atoms with Crippen LogP contribution in [0.2, 0.25) is 0 Å². The zero-order valence-electron chi connectivity index (χ0n) is 12.3. The van der Waals surface area contributed by atoms with Crippen LogP contribution < -0.4 is 16.0 Å². The number of nitrogens with one attached hydrogen (secondary N) is 1. The van der Waals surface area contributed by atoms with Crippen LogP contribution in [0, 0.1) is 0 Å². The monoisotopic (exact) mass is 319 g/mol. The van der Waals surface area contributed by atoms with Crippen molar-refractivity contribution < 1.29 is 24.2 Å². The number of hydrogen-bond donors (Lipinski definition) is 3. The molecule has 0 aromatic heterocycles. The Morgan fingerprint density at radius 2 is 1.91 bits per heavy atom. The van der Waals surface area contributed by atoms with Gasteiger partial charge < -0.3 is 25.8 Å². The molecule has 0 bridgehead atoms. The minimum atomic E-state index is -1.22. The lowest BCUT2D eigenvalue weighted by molar-refractivity contribution is -0.131. The molecule has 8 nitrogen and oxygen atoms in total. The standard InChI is InChI=1S/C15H17N3O5/c16-15(22)11-9-10(17-13(19)3-4-14(20)21)1-2-12(11)18-5-7-23-8-6-18/h1-4,9H,5-8H2,(H2,16,22)(H,17,19)(H,20,21)/b4-3-. The number of amides is 2. The van der Waals surface area contributed by atoms with Gasteiger partial charge in [-0.15, -0.1) is 0 Å². The summed E-state index contributed by atoms with van der Waals surface area (Å²) in [4.78, 5) is 35.6. The van der Waals surface area contributed by atoms with Gasteiger partial charge in [0.05, 0.1) is 18.8 Å². The van der Waals surface area contributed by atoms with Gasteiger partial charge in [-0.2, -0.15) is 0 Å². The molecular formula is C15H17N3O5. The highest BCUT2D eigenvalue weighted by atomic mass is 16.5. The fraction of sp³-hybridized carbons (Fsp3) is 0.267. The number of nitrogens with two attached hydrogens (primary N) is 1. The Morgan fingerprint density at radius 1 is 1.22 bits per heavy atom. The van der Waals surface area contributed by atoms with Crippen molar-refractivity contribution in [3.05, 3.63) is 35.9 Å². The molecule has 2 amide bonds. The molecule has 0 unspecified atom stereocenters. The van der Waals surface area contributed by atoms with Crippen LogP contribution in [0.15, 0.2) is 30.4 Å². The van der Waals surface area contributed by atoms with Crippen LogP contribution in [0.1, 0.15) is 10.4 Å². The molecule has 1 saturated heterocycles. The van der Waals surface area contributed by atoms with Crippen LogP contribution in [0.4, 0.5) is 11.4 Å². The summed E-state index contributed by atoms with van der Waals surface area (Å²) < 4.78 is 5.27. The normalized spacial score (nSPS) is 14.7. The molecule has 1 aromatic rings. The second kappa shape index (κ2) is 7.41. The number of carbonyl (C=O) groups is 3. The topological polar surface area (TPSA) is 122 Å². The molecule has 4 N–H and O–H groups in total. The van der Waals surface area contributed by atoms with E-state index in [1.807, 2.05) is 4.90 Å². The van der Waals surface area contributed by atoms with Crippen molar-refractivity contribution in [2.45, 2.75) is 0 Å². The van der Waals surface area contributed by atoms with E-state index in [-0.39, 0.29) is 5.56 Å². The number of carboxylic acid groups (broad SMARTS) is 1. The van der Waals surface area contributed by atoms with Gasteiger partial charge in [-0.25, -0.2) is 4.79 Å². The van der Waals surface area contributed by atoms with E-state index in [2.05, 4.69) is 5.32 Å². The maximum atomic E-state index is 11.7.